The topological polar surface area (TPSA) is 29.3 Å². The Balaban J connectivity index is 2.39. The lowest BCUT2D eigenvalue weighted by Crippen LogP contribution is -2.46. The number of nitrogens with two attached hydrogens (primary N) is 1. The maximum atomic E-state index is 6.08. The highest BCUT2D eigenvalue weighted by Gasteiger charge is 2.15. The van der Waals surface area contributed by atoms with Crippen molar-refractivity contribution in [1.29, 1.82) is 0 Å². The van der Waals surface area contributed by atoms with Crippen LogP contribution in [0.2, 0.25) is 0 Å². The zero-order valence-electron chi connectivity index (χ0n) is 10.7. The van der Waals surface area contributed by atoms with Crippen molar-refractivity contribution in [2.45, 2.75) is 39.2 Å². The monoisotopic (exact) mass is 240 g/mol. The lowest BCUT2D eigenvalue weighted by atomic mass is 10.1. The Kier molecular flexibility index (Phi) is 5.46. The van der Waals surface area contributed by atoms with Crippen LogP contribution in [0.4, 0.5) is 0 Å². The largest absolute Gasteiger partial charge is 0.324 e. The van der Waals surface area contributed by atoms with E-state index >= 15 is 0 Å². The summed E-state index contributed by atoms with van der Waals surface area (Å²) in [7, 11) is 0. The predicted molar refractivity (Wildman–Crippen MR) is 73.0 cm³/mol. The molecule has 1 rings (SSSR count). The summed E-state index contributed by atoms with van der Waals surface area (Å²) in [6.07, 6.45) is 2.34. The third kappa shape index (κ3) is 5.64. The summed E-state index contributed by atoms with van der Waals surface area (Å²) in [5.74, 6) is 0. The third-order valence-corrected chi connectivity index (χ3v) is 3.36. The lowest BCUT2D eigenvalue weighted by molar-refractivity contribution is 0.228. The molecule has 2 N–H and O–H groups in total. The van der Waals surface area contributed by atoms with Crippen LogP contribution in [-0.4, -0.2) is 30.1 Å². The minimum atomic E-state index is -0.0926. The molecule has 0 amide bonds. The van der Waals surface area contributed by atoms with Gasteiger partial charge in [0.1, 0.15) is 0 Å². The Labute approximate surface area is 103 Å². The van der Waals surface area contributed by atoms with E-state index in [2.05, 4.69) is 43.2 Å². The molecule has 0 aliphatic heterocycles. The van der Waals surface area contributed by atoms with Gasteiger partial charge in [-0.2, -0.15) is 0 Å². The van der Waals surface area contributed by atoms with Gasteiger partial charge in [0.15, 0.2) is 0 Å². The normalized spacial score (nSPS) is 12.3. The summed E-state index contributed by atoms with van der Waals surface area (Å²) in [6, 6.07) is 4.33. The van der Waals surface area contributed by atoms with E-state index in [0.29, 0.717) is 0 Å². The maximum absolute atomic E-state index is 6.08. The molecule has 0 saturated carbocycles. The van der Waals surface area contributed by atoms with Crippen LogP contribution < -0.4 is 5.73 Å². The number of hydrogen-bond acceptors (Lipinski definition) is 3. The Morgan fingerprint density at radius 3 is 2.62 bits per heavy atom. The average Bonchev–Trinajstić information content (AvgIpc) is 2.64. The molecule has 0 atom stereocenters. The summed E-state index contributed by atoms with van der Waals surface area (Å²) in [5, 5.41) is 2.15. The van der Waals surface area contributed by atoms with Crippen LogP contribution in [0.25, 0.3) is 0 Å². The molecule has 0 bridgehead atoms. The highest BCUT2D eigenvalue weighted by atomic mass is 32.1. The quantitative estimate of drug-likeness (QED) is 0.794. The molecule has 1 heterocycles. The molecule has 92 valence electrons. The van der Waals surface area contributed by atoms with Gasteiger partial charge in [-0.3, -0.25) is 0 Å². The lowest BCUT2D eigenvalue weighted by Gasteiger charge is -2.29. The number of nitrogens with zero attached hydrogens (tertiary/aromatic N) is 1. The van der Waals surface area contributed by atoms with Gasteiger partial charge in [0.05, 0.1) is 0 Å². The molecule has 0 aliphatic carbocycles. The Hall–Kier alpha value is -0.380. The van der Waals surface area contributed by atoms with E-state index in [1.807, 2.05) is 11.3 Å². The van der Waals surface area contributed by atoms with Gasteiger partial charge in [-0.1, -0.05) is 13.0 Å². The first-order chi connectivity index (χ1) is 7.51. The van der Waals surface area contributed by atoms with Gasteiger partial charge in [-0.15, -0.1) is 11.3 Å². The van der Waals surface area contributed by atoms with Crippen molar-refractivity contribution >= 4 is 11.3 Å². The predicted octanol–water partition coefficient (Wildman–Crippen LogP) is 2.74. The number of thiophene rings is 1. The van der Waals surface area contributed by atoms with Crippen molar-refractivity contribution in [3.63, 3.8) is 0 Å². The second-order valence-corrected chi connectivity index (χ2v) is 6.13. The fraction of sp³-hybridized carbons (Fsp3) is 0.692. The molecule has 1 aromatic heterocycles. The maximum Gasteiger partial charge on any atom is 0.0226 e. The molecule has 3 heteroatoms. The molecule has 0 aliphatic rings. The zero-order valence-corrected chi connectivity index (χ0v) is 11.5. The van der Waals surface area contributed by atoms with Gasteiger partial charge in [-0.25, -0.2) is 0 Å². The van der Waals surface area contributed by atoms with E-state index in [1.165, 1.54) is 11.3 Å². The van der Waals surface area contributed by atoms with Crippen LogP contribution in [0, 0.1) is 0 Å². The van der Waals surface area contributed by atoms with Gasteiger partial charge in [-0.05, 0) is 44.7 Å². The first kappa shape index (κ1) is 13.7. The van der Waals surface area contributed by atoms with Crippen molar-refractivity contribution < 1.29 is 0 Å². The fourth-order valence-corrected chi connectivity index (χ4v) is 2.58. The van der Waals surface area contributed by atoms with Gasteiger partial charge < -0.3 is 10.6 Å². The summed E-state index contributed by atoms with van der Waals surface area (Å²) in [6.45, 7) is 9.66. The SMILES string of the molecule is CCCN(CCc1cccs1)CC(C)(C)N. The van der Waals surface area contributed by atoms with Crippen LogP contribution in [0.3, 0.4) is 0 Å². The average molecular weight is 240 g/mol. The summed E-state index contributed by atoms with van der Waals surface area (Å²) >= 11 is 1.84. The fourth-order valence-electron chi connectivity index (χ4n) is 1.89. The van der Waals surface area contributed by atoms with E-state index in [9.17, 15) is 0 Å². The zero-order chi connectivity index (χ0) is 12.0. The Bertz CT molecular complexity index is 275. The van der Waals surface area contributed by atoms with Crippen molar-refractivity contribution in [2.24, 2.45) is 5.73 Å². The smallest absolute Gasteiger partial charge is 0.0226 e. The van der Waals surface area contributed by atoms with Crippen LogP contribution in [0.15, 0.2) is 17.5 Å². The second-order valence-electron chi connectivity index (χ2n) is 5.09. The van der Waals surface area contributed by atoms with Crippen molar-refractivity contribution in [1.82, 2.24) is 4.90 Å². The molecule has 0 radical (unpaired) electrons. The Morgan fingerprint density at radius 1 is 1.38 bits per heavy atom. The van der Waals surface area contributed by atoms with Crippen LogP contribution in [-0.2, 0) is 6.42 Å². The highest BCUT2D eigenvalue weighted by Crippen LogP contribution is 2.11. The van der Waals surface area contributed by atoms with Gasteiger partial charge in [0.2, 0.25) is 0 Å². The summed E-state index contributed by atoms with van der Waals surface area (Å²) in [4.78, 5) is 3.94. The van der Waals surface area contributed by atoms with E-state index in [4.69, 9.17) is 5.73 Å². The van der Waals surface area contributed by atoms with E-state index in [-0.39, 0.29) is 5.54 Å². The first-order valence-corrected chi connectivity index (χ1v) is 6.93. The molecule has 16 heavy (non-hydrogen) atoms. The summed E-state index contributed by atoms with van der Waals surface area (Å²) < 4.78 is 0. The van der Waals surface area contributed by atoms with Crippen LogP contribution >= 0.6 is 11.3 Å². The van der Waals surface area contributed by atoms with Gasteiger partial charge >= 0.3 is 0 Å². The minimum absolute atomic E-state index is 0.0926. The standard InChI is InChI=1S/C13H24N2S/c1-4-8-15(11-13(2,3)14)9-7-12-6-5-10-16-12/h5-6,10H,4,7-9,11,14H2,1-3H3. The summed E-state index contributed by atoms with van der Waals surface area (Å²) in [5.41, 5.74) is 5.98. The van der Waals surface area contributed by atoms with Crippen molar-refractivity contribution in [2.75, 3.05) is 19.6 Å². The third-order valence-electron chi connectivity index (χ3n) is 2.43. The molecule has 0 fully saturated rings. The highest BCUT2D eigenvalue weighted by molar-refractivity contribution is 7.09. The van der Waals surface area contributed by atoms with E-state index in [0.717, 1.165) is 26.1 Å². The van der Waals surface area contributed by atoms with Crippen LogP contribution in [0.5, 0.6) is 0 Å². The molecule has 0 saturated heterocycles. The Morgan fingerprint density at radius 2 is 2.12 bits per heavy atom. The molecule has 1 aromatic rings. The van der Waals surface area contributed by atoms with E-state index in [1.54, 1.807) is 0 Å². The van der Waals surface area contributed by atoms with Crippen molar-refractivity contribution in [3.8, 4) is 0 Å². The van der Waals surface area contributed by atoms with Gasteiger partial charge in [0.25, 0.3) is 0 Å². The van der Waals surface area contributed by atoms with Gasteiger partial charge in [0, 0.05) is 23.5 Å². The molecule has 0 aromatic carbocycles. The van der Waals surface area contributed by atoms with Crippen molar-refractivity contribution in [3.05, 3.63) is 22.4 Å². The second kappa shape index (κ2) is 6.38. The first-order valence-electron chi connectivity index (χ1n) is 6.05. The van der Waals surface area contributed by atoms with E-state index < -0.39 is 0 Å². The number of rotatable bonds is 7. The molecule has 0 unspecified atom stereocenters. The molecular weight excluding hydrogens is 216 g/mol. The molecule has 0 spiro atoms. The molecule has 2 nitrogen and oxygen atoms in total. The molecular formula is C13H24N2S. The number of hydrogen-bond donors (Lipinski definition) is 1. The minimum Gasteiger partial charge on any atom is -0.324 e. The van der Waals surface area contributed by atoms with Crippen LogP contribution in [0.1, 0.15) is 32.1 Å².